The summed E-state index contributed by atoms with van der Waals surface area (Å²) >= 11 is 0. The van der Waals surface area contributed by atoms with E-state index in [1.54, 1.807) is 6.92 Å². The maximum atomic E-state index is 12.2. The van der Waals surface area contributed by atoms with Gasteiger partial charge in [-0.3, -0.25) is 4.79 Å². The fourth-order valence-corrected chi connectivity index (χ4v) is 3.10. The number of hydrogen-bond acceptors (Lipinski definition) is 3. The van der Waals surface area contributed by atoms with Crippen molar-refractivity contribution in [3.8, 4) is 0 Å². The summed E-state index contributed by atoms with van der Waals surface area (Å²) in [5.74, 6) is 0.633. The van der Waals surface area contributed by atoms with Crippen molar-refractivity contribution in [2.45, 2.75) is 44.6 Å². The van der Waals surface area contributed by atoms with Crippen molar-refractivity contribution >= 4 is 16.9 Å². The zero-order chi connectivity index (χ0) is 15.6. The quantitative estimate of drug-likeness (QED) is 0.910. The van der Waals surface area contributed by atoms with E-state index in [9.17, 15) is 9.90 Å². The Bertz CT molecular complexity index is 620. The Kier molecular flexibility index (Phi) is 4.21. The molecule has 1 aliphatic carbocycles. The Morgan fingerprint density at radius 3 is 2.77 bits per heavy atom. The Morgan fingerprint density at radius 1 is 1.32 bits per heavy atom. The van der Waals surface area contributed by atoms with E-state index in [1.807, 2.05) is 30.3 Å². The number of amides is 1. The SMILES string of the molecule is CC(O)(CNC(=O)C1CCCCC1)c1cc2ccccc2o1. The predicted molar refractivity (Wildman–Crippen MR) is 85.4 cm³/mol. The second-order valence-corrected chi connectivity index (χ2v) is 6.48. The lowest BCUT2D eigenvalue weighted by molar-refractivity contribution is -0.127. The minimum atomic E-state index is -1.21. The zero-order valence-electron chi connectivity index (χ0n) is 13.0. The predicted octanol–water partition coefficient (Wildman–Crippen LogP) is 3.34. The van der Waals surface area contributed by atoms with Gasteiger partial charge in [0.05, 0.1) is 6.54 Å². The highest BCUT2D eigenvalue weighted by Crippen LogP contribution is 2.28. The van der Waals surface area contributed by atoms with E-state index in [2.05, 4.69) is 5.32 Å². The van der Waals surface area contributed by atoms with Gasteiger partial charge in [0.25, 0.3) is 0 Å². The molecule has 0 aliphatic heterocycles. The Balaban J connectivity index is 1.66. The lowest BCUT2D eigenvalue weighted by Gasteiger charge is -2.25. The molecule has 1 aromatic carbocycles. The topological polar surface area (TPSA) is 62.5 Å². The summed E-state index contributed by atoms with van der Waals surface area (Å²) < 4.78 is 5.71. The van der Waals surface area contributed by atoms with Crippen molar-refractivity contribution in [3.63, 3.8) is 0 Å². The van der Waals surface area contributed by atoms with E-state index < -0.39 is 5.60 Å². The van der Waals surface area contributed by atoms with Crippen LogP contribution in [-0.4, -0.2) is 17.6 Å². The first-order valence-corrected chi connectivity index (χ1v) is 8.05. The number of rotatable bonds is 4. The van der Waals surface area contributed by atoms with Gasteiger partial charge in [-0.05, 0) is 31.9 Å². The molecule has 1 saturated carbocycles. The van der Waals surface area contributed by atoms with Crippen LogP contribution in [-0.2, 0) is 10.4 Å². The summed E-state index contributed by atoms with van der Waals surface area (Å²) in [6, 6.07) is 9.48. The van der Waals surface area contributed by atoms with Crippen LogP contribution in [0.15, 0.2) is 34.7 Å². The van der Waals surface area contributed by atoms with Crippen LogP contribution in [0.25, 0.3) is 11.0 Å². The van der Waals surface area contributed by atoms with Crippen LogP contribution in [0.1, 0.15) is 44.8 Å². The number of hydrogen-bond donors (Lipinski definition) is 2. The van der Waals surface area contributed by atoms with Gasteiger partial charge in [-0.25, -0.2) is 0 Å². The van der Waals surface area contributed by atoms with Crippen molar-refractivity contribution in [2.75, 3.05) is 6.54 Å². The van der Waals surface area contributed by atoms with Gasteiger partial charge in [-0.1, -0.05) is 37.5 Å². The summed E-state index contributed by atoms with van der Waals surface area (Å²) in [4.78, 5) is 12.2. The van der Waals surface area contributed by atoms with E-state index in [0.717, 1.165) is 36.7 Å². The van der Waals surface area contributed by atoms with Gasteiger partial charge in [0.1, 0.15) is 16.9 Å². The first-order chi connectivity index (χ1) is 10.6. The van der Waals surface area contributed by atoms with E-state index in [-0.39, 0.29) is 18.4 Å². The highest BCUT2D eigenvalue weighted by molar-refractivity contribution is 5.79. The minimum Gasteiger partial charge on any atom is -0.458 e. The molecule has 2 N–H and O–H groups in total. The molecular weight excluding hydrogens is 278 g/mol. The largest absolute Gasteiger partial charge is 0.458 e. The monoisotopic (exact) mass is 301 g/mol. The van der Waals surface area contributed by atoms with Gasteiger partial charge in [0.2, 0.25) is 5.91 Å². The lowest BCUT2D eigenvalue weighted by atomic mass is 9.88. The first kappa shape index (κ1) is 15.1. The molecule has 3 rings (SSSR count). The summed E-state index contributed by atoms with van der Waals surface area (Å²) in [7, 11) is 0. The molecule has 4 nitrogen and oxygen atoms in total. The molecule has 1 aromatic heterocycles. The number of aliphatic hydroxyl groups is 1. The number of para-hydroxylation sites is 1. The first-order valence-electron chi connectivity index (χ1n) is 8.05. The summed E-state index contributed by atoms with van der Waals surface area (Å²) in [6.07, 6.45) is 5.38. The van der Waals surface area contributed by atoms with Crippen LogP contribution in [0.4, 0.5) is 0 Å². The third kappa shape index (κ3) is 3.17. The van der Waals surface area contributed by atoms with E-state index in [1.165, 1.54) is 6.42 Å². The molecule has 1 fully saturated rings. The normalized spacial score (nSPS) is 19.0. The maximum absolute atomic E-state index is 12.2. The minimum absolute atomic E-state index is 0.0519. The Morgan fingerprint density at radius 2 is 2.05 bits per heavy atom. The number of nitrogens with one attached hydrogen (secondary N) is 1. The fourth-order valence-electron chi connectivity index (χ4n) is 3.10. The van der Waals surface area contributed by atoms with Crippen molar-refractivity contribution in [1.29, 1.82) is 0 Å². The Hall–Kier alpha value is -1.81. The molecule has 1 aliphatic rings. The second-order valence-electron chi connectivity index (χ2n) is 6.48. The number of furan rings is 1. The van der Waals surface area contributed by atoms with Gasteiger partial charge in [0.15, 0.2) is 0 Å². The van der Waals surface area contributed by atoms with Crippen molar-refractivity contribution in [1.82, 2.24) is 5.32 Å². The molecule has 118 valence electrons. The van der Waals surface area contributed by atoms with Crippen molar-refractivity contribution in [2.24, 2.45) is 5.92 Å². The van der Waals surface area contributed by atoms with Crippen molar-refractivity contribution in [3.05, 3.63) is 36.1 Å². The van der Waals surface area contributed by atoms with Crippen LogP contribution in [0.3, 0.4) is 0 Å². The van der Waals surface area contributed by atoms with Crippen LogP contribution in [0.2, 0.25) is 0 Å². The smallest absolute Gasteiger partial charge is 0.223 e. The summed E-state index contributed by atoms with van der Waals surface area (Å²) in [5.41, 5.74) is -0.458. The molecule has 22 heavy (non-hydrogen) atoms. The van der Waals surface area contributed by atoms with Crippen LogP contribution >= 0.6 is 0 Å². The van der Waals surface area contributed by atoms with Crippen LogP contribution < -0.4 is 5.32 Å². The van der Waals surface area contributed by atoms with Crippen LogP contribution in [0.5, 0.6) is 0 Å². The van der Waals surface area contributed by atoms with Gasteiger partial charge in [-0.15, -0.1) is 0 Å². The molecule has 1 heterocycles. The molecule has 1 atom stereocenters. The maximum Gasteiger partial charge on any atom is 0.223 e. The van der Waals surface area contributed by atoms with E-state index in [0.29, 0.717) is 5.76 Å². The van der Waals surface area contributed by atoms with E-state index >= 15 is 0 Å². The third-order valence-electron chi connectivity index (χ3n) is 4.54. The Labute approximate surface area is 130 Å². The molecule has 0 radical (unpaired) electrons. The standard InChI is InChI=1S/C18H23NO3/c1-18(21,12-19-17(20)13-7-3-2-4-8-13)16-11-14-9-5-6-10-15(14)22-16/h5-6,9-11,13,21H,2-4,7-8,12H2,1H3,(H,19,20). The third-order valence-corrected chi connectivity index (χ3v) is 4.54. The zero-order valence-corrected chi connectivity index (χ0v) is 13.0. The fraction of sp³-hybridized carbons (Fsp3) is 0.500. The second kappa shape index (κ2) is 6.13. The number of carbonyl (C=O) groups is 1. The number of fused-ring (bicyclic) bond motifs is 1. The lowest BCUT2D eigenvalue weighted by Crippen LogP contribution is -2.41. The number of carbonyl (C=O) groups excluding carboxylic acids is 1. The summed E-state index contributed by atoms with van der Waals surface area (Å²) in [6.45, 7) is 1.84. The number of benzene rings is 1. The van der Waals surface area contributed by atoms with E-state index in [4.69, 9.17) is 4.42 Å². The molecular formula is C18H23NO3. The van der Waals surface area contributed by atoms with Gasteiger partial charge >= 0.3 is 0 Å². The molecule has 2 aromatic rings. The van der Waals surface area contributed by atoms with Gasteiger partial charge in [0, 0.05) is 11.3 Å². The highest BCUT2D eigenvalue weighted by Gasteiger charge is 2.29. The molecule has 0 bridgehead atoms. The molecule has 4 heteroatoms. The van der Waals surface area contributed by atoms with Crippen molar-refractivity contribution < 1.29 is 14.3 Å². The molecule has 1 unspecified atom stereocenters. The highest BCUT2D eigenvalue weighted by atomic mass is 16.4. The molecule has 0 spiro atoms. The average Bonchev–Trinajstić information content (AvgIpc) is 2.98. The average molecular weight is 301 g/mol. The van der Waals surface area contributed by atoms with Gasteiger partial charge in [-0.2, -0.15) is 0 Å². The molecule has 1 amide bonds. The van der Waals surface area contributed by atoms with Gasteiger partial charge < -0.3 is 14.8 Å². The summed E-state index contributed by atoms with van der Waals surface area (Å²) in [5, 5.41) is 14.5. The molecule has 0 saturated heterocycles. The van der Waals surface area contributed by atoms with Crippen LogP contribution in [0, 0.1) is 5.92 Å².